The molecule has 1 aliphatic heterocycles. The van der Waals surface area contributed by atoms with Crippen molar-refractivity contribution in [1.82, 2.24) is 9.97 Å². The molecule has 1 atom stereocenters. The third-order valence-electron chi connectivity index (χ3n) is 2.82. The molecule has 1 unspecified atom stereocenters. The van der Waals surface area contributed by atoms with Crippen LogP contribution < -0.4 is 0 Å². The van der Waals surface area contributed by atoms with Gasteiger partial charge in [0.2, 0.25) is 0 Å². The molecule has 2 rings (SSSR count). The summed E-state index contributed by atoms with van der Waals surface area (Å²) in [7, 11) is 0. The lowest BCUT2D eigenvalue weighted by Gasteiger charge is -2.19. The summed E-state index contributed by atoms with van der Waals surface area (Å²) in [5.74, 6) is -0.0371. The van der Waals surface area contributed by atoms with Crippen LogP contribution in [-0.4, -0.2) is 22.4 Å². The first kappa shape index (κ1) is 10.2. The number of carbonyl (C=O) groups excluding carboxylic acids is 1. The second-order valence-corrected chi connectivity index (χ2v) is 3.82. The number of hydrogen-bond acceptors (Lipinski definition) is 4. The van der Waals surface area contributed by atoms with E-state index in [1.807, 2.05) is 6.92 Å². The van der Waals surface area contributed by atoms with Gasteiger partial charge >= 0.3 is 0 Å². The van der Waals surface area contributed by atoms with Gasteiger partial charge in [0.25, 0.3) is 0 Å². The van der Waals surface area contributed by atoms with Crippen LogP contribution in [0.15, 0.2) is 6.33 Å². The number of fused-ring (bicyclic) bond motifs is 1. The van der Waals surface area contributed by atoms with Crippen LogP contribution in [0.3, 0.4) is 0 Å². The van der Waals surface area contributed by atoms with Crippen LogP contribution in [0.4, 0.5) is 0 Å². The summed E-state index contributed by atoms with van der Waals surface area (Å²) in [6, 6.07) is 0. The van der Waals surface area contributed by atoms with Gasteiger partial charge in [-0.1, -0.05) is 0 Å². The first-order valence-electron chi connectivity index (χ1n) is 5.11. The number of ether oxygens (including phenoxy) is 1. The van der Waals surface area contributed by atoms with E-state index >= 15 is 0 Å². The molecule has 4 nitrogen and oxygen atoms in total. The quantitative estimate of drug-likeness (QED) is 0.730. The summed E-state index contributed by atoms with van der Waals surface area (Å²) in [6.07, 6.45) is 2.36. The maximum Gasteiger partial charge on any atom is 0.138 e. The molecule has 2 heterocycles. The van der Waals surface area contributed by atoms with Crippen molar-refractivity contribution >= 4 is 5.78 Å². The molecular formula is C11H14N2O2. The molecule has 0 radical (unpaired) electrons. The monoisotopic (exact) mass is 206 g/mol. The summed E-state index contributed by atoms with van der Waals surface area (Å²) in [5.41, 5.74) is 2.86. The molecule has 0 saturated carbocycles. The molecule has 1 aromatic heterocycles. The highest BCUT2D eigenvalue weighted by Gasteiger charge is 2.21. The zero-order valence-corrected chi connectivity index (χ0v) is 8.99. The minimum Gasteiger partial charge on any atom is -0.376 e. The van der Waals surface area contributed by atoms with Gasteiger partial charge in [-0.25, -0.2) is 9.97 Å². The van der Waals surface area contributed by atoms with Gasteiger partial charge in [0.1, 0.15) is 12.1 Å². The van der Waals surface area contributed by atoms with Gasteiger partial charge in [0, 0.05) is 12.0 Å². The van der Waals surface area contributed by atoms with E-state index in [2.05, 4.69) is 9.97 Å². The minimum atomic E-state index is -0.163. The first-order chi connectivity index (χ1) is 7.20. The number of hydrogen-bond donors (Lipinski definition) is 0. The van der Waals surface area contributed by atoms with Gasteiger partial charge in [-0.3, -0.25) is 4.79 Å². The molecule has 0 fully saturated rings. The summed E-state index contributed by atoms with van der Waals surface area (Å²) in [6.45, 7) is 4.70. The van der Waals surface area contributed by atoms with Crippen molar-refractivity contribution in [1.29, 1.82) is 0 Å². The Hall–Kier alpha value is -1.29. The van der Waals surface area contributed by atoms with Gasteiger partial charge in [-0.2, -0.15) is 0 Å². The van der Waals surface area contributed by atoms with Crippen LogP contribution in [0, 0.1) is 0 Å². The molecule has 0 saturated heterocycles. The second-order valence-electron chi connectivity index (χ2n) is 3.82. The zero-order valence-electron chi connectivity index (χ0n) is 8.99. The maximum atomic E-state index is 11.3. The Morgan fingerprint density at radius 2 is 2.33 bits per heavy atom. The topological polar surface area (TPSA) is 52.1 Å². The van der Waals surface area contributed by atoms with Crippen molar-refractivity contribution in [2.45, 2.75) is 32.8 Å². The van der Waals surface area contributed by atoms with Gasteiger partial charge in [0.05, 0.1) is 30.5 Å². The Morgan fingerprint density at radius 1 is 1.53 bits per heavy atom. The lowest BCUT2D eigenvalue weighted by Crippen LogP contribution is -2.18. The molecule has 80 valence electrons. The highest BCUT2D eigenvalue weighted by Crippen LogP contribution is 2.23. The summed E-state index contributed by atoms with van der Waals surface area (Å²) in [5, 5.41) is 0. The number of rotatable bonds is 2. The Morgan fingerprint density at radius 3 is 3.07 bits per heavy atom. The normalized spacial score (nSPS) is 16.9. The van der Waals surface area contributed by atoms with E-state index in [9.17, 15) is 4.79 Å². The predicted octanol–water partition coefficient (Wildman–Crippen LogP) is 1.24. The molecule has 0 N–H and O–H groups in total. The number of nitrogens with zero attached hydrogens (tertiary/aromatic N) is 2. The molecule has 0 amide bonds. The van der Waals surface area contributed by atoms with E-state index in [-0.39, 0.29) is 11.7 Å². The van der Waals surface area contributed by atoms with Crippen LogP contribution in [0.5, 0.6) is 0 Å². The molecule has 4 heteroatoms. The van der Waals surface area contributed by atoms with Crippen molar-refractivity contribution in [3.8, 4) is 0 Å². The van der Waals surface area contributed by atoms with Crippen LogP contribution >= 0.6 is 0 Å². The third-order valence-corrected chi connectivity index (χ3v) is 2.82. The van der Waals surface area contributed by atoms with Gasteiger partial charge < -0.3 is 4.74 Å². The van der Waals surface area contributed by atoms with E-state index in [1.54, 1.807) is 13.3 Å². The molecule has 0 aromatic carbocycles. The molecule has 0 aliphatic carbocycles. The molecule has 15 heavy (non-hydrogen) atoms. The summed E-state index contributed by atoms with van der Waals surface area (Å²) in [4.78, 5) is 19.7. The maximum absolute atomic E-state index is 11.3. The van der Waals surface area contributed by atoms with Crippen LogP contribution in [0.25, 0.3) is 0 Å². The van der Waals surface area contributed by atoms with Crippen LogP contribution in [0.1, 0.15) is 36.7 Å². The molecule has 0 bridgehead atoms. The third kappa shape index (κ3) is 1.90. The summed E-state index contributed by atoms with van der Waals surface area (Å²) >= 11 is 0. The molecule has 1 aromatic rings. The number of Topliss-reactive ketones (excluding diaryl/α,β-unsaturated/α-hetero) is 1. The van der Waals surface area contributed by atoms with Gasteiger partial charge in [-0.05, 0) is 13.8 Å². The standard InChI is InChI=1S/C11H14N2O2/c1-7(8(2)14)11-9-5-15-4-3-10(9)12-6-13-11/h6-7H,3-5H2,1-2H3. The number of carbonyl (C=O) groups is 1. The lowest BCUT2D eigenvalue weighted by atomic mass is 9.96. The SMILES string of the molecule is CC(=O)C(C)c1ncnc2c1COCC2. The van der Waals surface area contributed by atoms with E-state index < -0.39 is 0 Å². The fourth-order valence-corrected chi connectivity index (χ4v) is 1.75. The van der Waals surface area contributed by atoms with Crippen molar-refractivity contribution in [2.24, 2.45) is 0 Å². The highest BCUT2D eigenvalue weighted by atomic mass is 16.5. The fourth-order valence-electron chi connectivity index (χ4n) is 1.75. The van der Waals surface area contributed by atoms with Gasteiger partial charge in [-0.15, -0.1) is 0 Å². The largest absolute Gasteiger partial charge is 0.376 e. The smallest absolute Gasteiger partial charge is 0.138 e. The second kappa shape index (κ2) is 4.06. The molecule has 1 aliphatic rings. The lowest BCUT2D eigenvalue weighted by molar-refractivity contribution is -0.118. The Kier molecular flexibility index (Phi) is 2.77. The summed E-state index contributed by atoms with van der Waals surface area (Å²) < 4.78 is 5.38. The van der Waals surface area contributed by atoms with E-state index in [0.29, 0.717) is 13.2 Å². The van der Waals surface area contributed by atoms with E-state index in [1.165, 1.54) is 0 Å². The van der Waals surface area contributed by atoms with Crippen molar-refractivity contribution in [2.75, 3.05) is 6.61 Å². The molecule has 0 spiro atoms. The molecular weight excluding hydrogens is 192 g/mol. The van der Waals surface area contributed by atoms with E-state index in [0.717, 1.165) is 23.4 Å². The van der Waals surface area contributed by atoms with Crippen molar-refractivity contribution in [3.63, 3.8) is 0 Å². The average molecular weight is 206 g/mol. The Bertz CT molecular complexity index is 390. The highest BCUT2D eigenvalue weighted by molar-refractivity contribution is 5.82. The van der Waals surface area contributed by atoms with Crippen LogP contribution in [-0.2, 0) is 22.6 Å². The number of ketones is 1. The van der Waals surface area contributed by atoms with Gasteiger partial charge in [0.15, 0.2) is 0 Å². The first-order valence-corrected chi connectivity index (χ1v) is 5.11. The predicted molar refractivity (Wildman–Crippen MR) is 54.5 cm³/mol. The average Bonchev–Trinajstić information content (AvgIpc) is 2.27. The Balaban J connectivity index is 2.43. The van der Waals surface area contributed by atoms with E-state index in [4.69, 9.17) is 4.74 Å². The van der Waals surface area contributed by atoms with Crippen molar-refractivity contribution < 1.29 is 9.53 Å². The Labute approximate surface area is 88.7 Å². The fraction of sp³-hybridized carbons (Fsp3) is 0.545. The zero-order chi connectivity index (χ0) is 10.8. The van der Waals surface area contributed by atoms with Crippen LogP contribution in [0.2, 0.25) is 0 Å². The minimum absolute atomic E-state index is 0.126. The number of aromatic nitrogens is 2. The van der Waals surface area contributed by atoms with Crippen molar-refractivity contribution in [3.05, 3.63) is 23.3 Å².